The van der Waals surface area contributed by atoms with Crippen molar-refractivity contribution < 1.29 is 4.79 Å². The molecule has 2 saturated carbocycles. The van der Waals surface area contributed by atoms with Gasteiger partial charge in [-0.15, -0.1) is 0 Å². The normalized spacial score (nSPS) is 28.8. The summed E-state index contributed by atoms with van der Waals surface area (Å²) in [5, 5.41) is 0. The molecular formula is C16H31N3O. The molecule has 4 nitrogen and oxygen atoms in total. The van der Waals surface area contributed by atoms with E-state index in [4.69, 9.17) is 5.73 Å². The topological polar surface area (TPSA) is 49.6 Å². The summed E-state index contributed by atoms with van der Waals surface area (Å²) in [6.45, 7) is 4.08. The first-order chi connectivity index (χ1) is 9.43. The Morgan fingerprint density at radius 2 is 1.60 bits per heavy atom. The summed E-state index contributed by atoms with van der Waals surface area (Å²) in [6.07, 6.45) is 7.17. The summed E-state index contributed by atoms with van der Waals surface area (Å²) in [7, 11) is 4.28. The van der Waals surface area contributed by atoms with Crippen LogP contribution >= 0.6 is 0 Å². The summed E-state index contributed by atoms with van der Waals surface area (Å²) in [5.41, 5.74) is 6.15. The van der Waals surface area contributed by atoms with E-state index in [-0.39, 0.29) is 17.9 Å². The molecule has 0 unspecified atom stereocenters. The van der Waals surface area contributed by atoms with Crippen LogP contribution in [0.25, 0.3) is 0 Å². The third-order valence-electron chi connectivity index (χ3n) is 4.91. The van der Waals surface area contributed by atoms with Crippen LogP contribution in [0.4, 0.5) is 0 Å². The van der Waals surface area contributed by atoms with Crippen LogP contribution in [0.3, 0.4) is 0 Å². The summed E-state index contributed by atoms with van der Waals surface area (Å²) in [6, 6.07) is 0.967. The Morgan fingerprint density at radius 1 is 1.05 bits per heavy atom. The molecule has 2 fully saturated rings. The van der Waals surface area contributed by atoms with Crippen LogP contribution in [-0.4, -0.2) is 54.0 Å². The maximum atomic E-state index is 12.8. The van der Waals surface area contributed by atoms with Gasteiger partial charge in [0, 0.05) is 18.1 Å². The number of hydrogen-bond donors (Lipinski definition) is 1. The zero-order valence-electron chi connectivity index (χ0n) is 13.5. The largest absolute Gasteiger partial charge is 0.334 e. The van der Waals surface area contributed by atoms with Crippen molar-refractivity contribution in [2.24, 2.45) is 11.7 Å². The van der Waals surface area contributed by atoms with Gasteiger partial charge in [0.05, 0.1) is 6.04 Å². The third-order valence-corrected chi connectivity index (χ3v) is 4.91. The average Bonchev–Trinajstić information content (AvgIpc) is 3.22. The Balaban J connectivity index is 2.16. The van der Waals surface area contributed by atoms with Crippen LogP contribution in [0.1, 0.15) is 52.4 Å². The molecule has 1 amide bonds. The Hall–Kier alpha value is -0.610. The standard InChI is InChI=1S/C16H31N3O/c1-11(2)15(17)16(20)19(12-9-10-12)14-8-6-5-7-13(14)18(3)4/h11-15H,5-10,17H2,1-4H3/t13-,14-,15-/m0/s1. The van der Waals surface area contributed by atoms with Crippen molar-refractivity contribution in [1.82, 2.24) is 9.80 Å². The molecule has 20 heavy (non-hydrogen) atoms. The van der Waals surface area contributed by atoms with Gasteiger partial charge >= 0.3 is 0 Å². The lowest BCUT2D eigenvalue weighted by Crippen LogP contribution is -2.58. The molecule has 2 aliphatic carbocycles. The van der Waals surface area contributed by atoms with E-state index in [9.17, 15) is 4.79 Å². The fraction of sp³-hybridized carbons (Fsp3) is 0.938. The van der Waals surface area contributed by atoms with E-state index >= 15 is 0 Å². The fourth-order valence-electron chi connectivity index (χ4n) is 3.44. The number of nitrogens with zero attached hydrogens (tertiary/aromatic N) is 2. The average molecular weight is 281 g/mol. The van der Waals surface area contributed by atoms with Gasteiger partial charge in [-0.2, -0.15) is 0 Å². The second-order valence-corrected chi connectivity index (χ2v) is 7.13. The van der Waals surface area contributed by atoms with Gasteiger partial charge in [0.1, 0.15) is 0 Å². The summed E-state index contributed by atoms with van der Waals surface area (Å²) >= 11 is 0. The van der Waals surface area contributed by atoms with E-state index in [1.807, 2.05) is 13.8 Å². The molecule has 2 aliphatic rings. The molecule has 0 spiro atoms. The number of carbonyl (C=O) groups is 1. The first-order valence-corrected chi connectivity index (χ1v) is 8.17. The van der Waals surface area contributed by atoms with Crippen molar-refractivity contribution in [2.45, 2.75) is 76.5 Å². The molecule has 4 heteroatoms. The summed E-state index contributed by atoms with van der Waals surface area (Å²) in [5.74, 6) is 0.395. The Labute approximate surface area is 123 Å². The van der Waals surface area contributed by atoms with Crippen molar-refractivity contribution in [3.8, 4) is 0 Å². The van der Waals surface area contributed by atoms with Gasteiger partial charge in [-0.05, 0) is 45.7 Å². The zero-order chi connectivity index (χ0) is 14.9. The van der Waals surface area contributed by atoms with Crippen molar-refractivity contribution >= 4 is 5.91 Å². The van der Waals surface area contributed by atoms with Crippen LogP contribution < -0.4 is 5.73 Å². The van der Waals surface area contributed by atoms with E-state index < -0.39 is 0 Å². The monoisotopic (exact) mass is 281 g/mol. The van der Waals surface area contributed by atoms with Gasteiger partial charge in [-0.1, -0.05) is 26.7 Å². The Morgan fingerprint density at radius 3 is 2.05 bits per heavy atom. The number of rotatable bonds is 5. The molecule has 2 N–H and O–H groups in total. The minimum Gasteiger partial charge on any atom is -0.334 e. The first kappa shape index (κ1) is 15.8. The fourth-order valence-corrected chi connectivity index (χ4v) is 3.44. The van der Waals surface area contributed by atoms with Gasteiger partial charge in [0.2, 0.25) is 5.91 Å². The quantitative estimate of drug-likeness (QED) is 0.836. The highest BCUT2D eigenvalue weighted by atomic mass is 16.2. The van der Waals surface area contributed by atoms with E-state index in [0.717, 1.165) is 19.3 Å². The van der Waals surface area contributed by atoms with E-state index in [2.05, 4.69) is 23.9 Å². The molecule has 0 bridgehead atoms. The lowest BCUT2D eigenvalue weighted by Gasteiger charge is -2.44. The minimum absolute atomic E-state index is 0.182. The molecule has 0 heterocycles. The third kappa shape index (κ3) is 3.34. The predicted molar refractivity (Wildman–Crippen MR) is 82.4 cm³/mol. The zero-order valence-corrected chi connectivity index (χ0v) is 13.5. The van der Waals surface area contributed by atoms with Crippen molar-refractivity contribution in [1.29, 1.82) is 0 Å². The number of hydrogen-bond acceptors (Lipinski definition) is 3. The molecule has 0 aliphatic heterocycles. The lowest BCUT2D eigenvalue weighted by atomic mass is 9.87. The Bertz CT molecular complexity index is 339. The molecular weight excluding hydrogens is 250 g/mol. The highest BCUT2D eigenvalue weighted by molar-refractivity contribution is 5.83. The molecule has 2 rings (SSSR count). The number of carbonyl (C=O) groups excluding carboxylic acids is 1. The van der Waals surface area contributed by atoms with Gasteiger partial charge in [-0.25, -0.2) is 0 Å². The van der Waals surface area contributed by atoms with Crippen LogP contribution in [0.15, 0.2) is 0 Å². The van der Waals surface area contributed by atoms with Crippen molar-refractivity contribution in [2.75, 3.05) is 14.1 Å². The van der Waals surface area contributed by atoms with Crippen LogP contribution in [-0.2, 0) is 4.79 Å². The smallest absolute Gasteiger partial charge is 0.240 e. The molecule has 116 valence electrons. The summed E-state index contributed by atoms with van der Waals surface area (Å²) in [4.78, 5) is 17.3. The van der Waals surface area contributed by atoms with Gasteiger partial charge in [-0.3, -0.25) is 4.79 Å². The lowest BCUT2D eigenvalue weighted by molar-refractivity contribution is -0.139. The number of nitrogens with two attached hydrogens (primary N) is 1. The van der Waals surface area contributed by atoms with Crippen molar-refractivity contribution in [3.05, 3.63) is 0 Å². The van der Waals surface area contributed by atoms with E-state index in [1.54, 1.807) is 0 Å². The molecule has 0 saturated heterocycles. The molecule has 0 aromatic rings. The van der Waals surface area contributed by atoms with Crippen molar-refractivity contribution in [3.63, 3.8) is 0 Å². The maximum absolute atomic E-state index is 12.8. The van der Waals surface area contributed by atoms with Crippen LogP contribution in [0, 0.1) is 5.92 Å². The number of amides is 1. The summed E-state index contributed by atoms with van der Waals surface area (Å²) < 4.78 is 0. The highest BCUT2D eigenvalue weighted by Gasteiger charge is 2.43. The second-order valence-electron chi connectivity index (χ2n) is 7.13. The minimum atomic E-state index is -0.347. The number of likely N-dealkylation sites (N-methyl/N-ethyl adjacent to an activating group) is 1. The Kier molecular flexibility index (Phi) is 5.08. The van der Waals surface area contributed by atoms with E-state index in [0.29, 0.717) is 18.1 Å². The van der Waals surface area contributed by atoms with Gasteiger partial charge in [0.25, 0.3) is 0 Å². The SMILES string of the molecule is CC(C)[C@H](N)C(=O)N(C1CC1)[C@H]1CCCC[C@@H]1N(C)C. The second kappa shape index (κ2) is 6.44. The van der Waals surface area contributed by atoms with Crippen LogP contribution in [0.5, 0.6) is 0 Å². The van der Waals surface area contributed by atoms with Gasteiger partial charge < -0.3 is 15.5 Å². The highest BCUT2D eigenvalue weighted by Crippen LogP contribution is 2.35. The predicted octanol–water partition coefficient (Wildman–Crippen LogP) is 1.83. The van der Waals surface area contributed by atoms with Gasteiger partial charge in [0.15, 0.2) is 0 Å². The molecule has 3 atom stereocenters. The molecule has 0 aromatic carbocycles. The van der Waals surface area contributed by atoms with Crippen LogP contribution in [0.2, 0.25) is 0 Å². The molecule has 0 radical (unpaired) electrons. The molecule has 0 aromatic heterocycles. The maximum Gasteiger partial charge on any atom is 0.240 e. The first-order valence-electron chi connectivity index (χ1n) is 8.17. The van der Waals surface area contributed by atoms with E-state index in [1.165, 1.54) is 19.3 Å².